The predicted octanol–water partition coefficient (Wildman–Crippen LogP) is 4.98. The molecule has 1 aromatic heterocycles. The molecule has 37 heavy (non-hydrogen) atoms. The maximum atomic E-state index is 12.5. The summed E-state index contributed by atoms with van der Waals surface area (Å²) in [6.45, 7) is 2.49. The molecule has 1 atom stereocenters. The van der Waals surface area contributed by atoms with Gasteiger partial charge in [0.2, 0.25) is 0 Å². The lowest BCUT2D eigenvalue weighted by atomic mass is 9.98. The molecule has 2 aromatic carbocycles. The molecule has 1 aliphatic rings. The van der Waals surface area contributed by atoms with Crippen LogP contribution in [0.25, 0.3) is 11.1 Å². The van der Waals surface area contributed by atoms with Gasteiger partial charge in [-0.1, -0.05) is 74.7 Å². The number of aromatic nitrogens is 2. The van der Waals surface area contributed by atoms with Crippen LogP contribution in [0.4, 0.5) is 9.59 Å². The summed E-state index contributed by atoms with van der Waals surface area (Å²) in [7, 11) is 0. The second-order valence-corrected chi connectivity index (χ2v) is 9.01. The minimum Gasteiger partial charge on any atom is -0.480 e. The molecular weight excluding hydrogens is 474 g/mol. The number of nitrogens with one attached hydrogen (secondary N) is 1. The summed E-state index contributed by atoms with van der Waals surface area (Å²) in [6, 6.07) is 14.6. The van der Waals surface area contributed by atoms with Crippen LogP contribution >= 0.6 is 0 Å². The highest BCUT2D eigenvalue weighted by molar-refractivity contribution is 5.81. The number of amides is 1. The zero-order valence-corrected chi connectivity index (χ0v) is 20.8. The molecule has 0 unspecified atom stereocenters. The summed E-state index contributed by atoms with van der Waals surface area (Å²) in [4.78, 5) is 40.6. The number of hydrogen-bond acceptors (Lipinski definition) is 6. The van der Waals surface area contributed by atoms with E-state index < -0.39 is 24.2 Å². The van der Waals surface area contributed by atoms with Gasteiger partial charge in [-0.25, -0.2) is 23.9 Å². The molecule has 0 fully saturated rings. The van der Waals surface area contributed by atoms with Crippen LogP contribution in [0.5, 0.6) is 0 Å². The fourth-order valence-corrected chi connectivity index (χ4v) is 4.52. The number of aliphatic carboxylic acids is 1. The third-order valence-electron chi connectivity index (χ3n) is 6.42. The van der Waals surface area contributed by atoms with Crippen LogP contribution in [-0.2, 0) is 20.7 Å². The lowest BCUT2D eigenvalue weighted by Gasteiger charge is -2.17. The SMILES string of the molecule is CCCCCCOC(=O)n1cnc(C[C@H](NC(=O)OCC2c3ccccc3-c3ccccc32)C(=O)O)c1. The molecule has 2 N–H and O–H groups in total. The molecule has 0 saturated heterocycles. The van der Waals surface area contributed by atoms with Gasteiger partial charge in [-0.3, -0.25) is 0 Å². The summed E-state index contributed by atoms with van der Waals surface area (Å²) < 4.78 is 11.8. The lowest BCUT2D eigenvalue weighted by molar-refractivity contribution is -0.139. The number of imidazole rings is 1. The smallest absolute Gasteiger partial charge is 0.419 e. The number of nitrogens with zero attached hydrogens (tertiary/aromatic N) is 2. The van der Waals surface area contributed by atoms with Gasteiger partial charge >= 0.3 is 18.2 Å². The van der Waals surface area contributed by atoms with E-state index in [1.54, 1.807) is 0 Å². The van der Waals surface area contributed by atoms with Crippen LogP contribution in [0.3, 0.4) is 0 Å². The molecule has 0 aliphatic heterocycles. The number of alkyl carbamates (subject to hydrolysis) is 1. The highest BCUT2D eigenvalue weighted by atomic mass is 16.6. The number of carbonyl (C=O) groups excluding carboxylic acids is 2. The summed E-state index contributed by atoms with van der Waals surface area (Å²) in [5.41, 5.74) is 4.66. The largest absolute Gasteiger partial charge is 0.480 e. The van der Waals surface area contributed by atoms with Crippen LogP contribution in [-0.4, -0.2) is 52.1 Å². The number of carboxylic acid groups (broad SMARTS) is 1. The van der Waals surface area contributed by atoms with Crippen molar-refractivity contribution in [2.75, 3.05) is 13.2 Å². The monoisotopic (exact) mass is 505 g/mol. The van der Waals surface area contributed by atoms with Crippen molar-refractivity contribution < 1.29 is 29.0 Å². The van der Waals surface area contributed by atoms with Crippen molar-refractivity contribution >= 4 is 18.2 Å². The van der Waals surface area contributed by atoms with Crippen molar-refractivity contribution in [3.05, 3.63) is 77.9 Å². The fourth-order valence-electron chi connectivity index (χ4n) is 4.52. The first-order chi connectivity index (χ1) is 18.0. The van der Waals surface area contributed by atoms with Crippen molar-refractivity contribution in [1.82, 2.24) is 14.9 Å². The van der Waals surface area contributed by atoms with E-state index in [1.165, 1.54) is 17.1 Å². The second-order valence-electron chi connectivity index (χ2n) is 9.01. The molecule has 1 amide bonds. The van der Waals surface area contributed by atoms with E-state index in [0.717, 1.165) is 47.9 Å². The number of rotatable bonds is 11. The molecule has 1 aliphatic carbocycles. The van der Waals surface area contributed by atoms with E-state index in [0.29, 0.717) is 12.3 Å². The zero-order valence-electron chi connectivity index (χ0n) is 20.8. The third kappa shape index (κ3) is 6.35. The predicted molar refractivity (Wildman–Crippen MR) is 136 cm³/mol. The number of unbranched alkanes of at least 4 members (excludes halogenated alkanes) is 3. The maximum Gasteiger partial charge on any atom is 0.419 e. The molecule has 1 heterocycles. The first-order valence-electron chi connectivity index (χ1n) is 12.5. The van der Waals surface area contributed by atoms with Crippen molar-refractivity contribution in [3.63, 3.8) is 0 Å². The molecule has 3 aromatic rings. The second kappa shape index (κ2) is 12.2. The number of ether oxygens (including phenoxy) is 2. The quantitative estimate of drug-likeness (QED) is 0.353. The van der Waals surface area contributed by atoms with E-state index in [9.17, 15) is 19.5 Å². The fraction of sp³-hybridized carbons (Fsp3) is 0.357. The van der Waals surface area contributed by atoms with Gasteiger partial charge < -0.3 is 19.9 Å². The number of fused-ring (bicyclic) bond motifs is 3. The average Bonchev–Trinajstić information content (AvgIpc) is 3.49. The Kier molecular flexibility index (Phi) is 8.56. The van der Waals surface area contributed by atoms with Gasteiger partial charge in [0.15, 0.2) is 0 Å². The van der Waals surface area contributed by atoms with Gasteiger partial charge in [0.25, 0.3) is 0 Å². The maximum absolute atomic E-state index is 12.5. The van der Waals surface area contributed by atoms with Crippen LogP contribution < -0.4 is 5.32 Å². The molecule has 4 rings (SSSR count). The Balaban J connectivity index is 1.31. The van der Waals surface area contributed by atoms with Crippen molar-refractivity contribution in [2.45, 2.75) is 51.0 Å². The average molecular weight is 506 g/mol. The Labute approximate surface area is 215 Å². The van der Waals surface area contributed by atoms with Crippen molar-refractivity contribution in [1.29, 1.82) is 0 Å². The van der Waals surface area contributed by atoms with Crippen LogP contribution in [0.2, 0.25) is 0 Å². The Morgan fingerprint density at radius 3 is 2.32 bits per heavy atom. The van der Waals surface area contributed by atoms with Gasteiger partial charge in [0.05, 0.1) is 12.3 Å². The van der Waals surface area contributed by atoms with E-state index >= 15 is 0 Å². The number of carbonyl (C=O) groups is 3. The van der Waals surface area contributed by atoms with Crippen LogP contribution in [0.15, 0.2) is 61.1 Å². The summed E-state index contributed by atoms with van der Waals surface area (Å²) in [5, 5.41) is 12.0. The molecule has 194 valence electrons. The van der Waals surface area contributed by atoms with E-state index in [-0.39, 0.29) is 18.9 Å². The highest BCUT2D eigenvalue weighted by Gasteiger charge is 2.30. The Morgan fingerprint density at radius 2 is 1.68 bits per heavy atom. The molecule has 0 radical (unpaired) electrons. The molecule has 9 heteroatoms. The topological polar surface area (TPSA) is 120 Å². The standard InChI is InChI=1S/C28H31N3O6/c1-2-3-4-9-14-36-28(35)31-16-19(29-18-31)15-25(26(32)33)30-27(34)37-17-24-22-12-7-5-10-20(22)21-11-6-8-13-23(21)24/h5-8,10-13,16,18,24-25H,2-4,9,14-15,17H2,1H3,(H,30,34)(H,32,33)/t25-/m0/s1. The molecule has 0 bridgehead atoms. The first-order valence-corrected chi connectivity index (χ1v) is 12.5. The van der Waals surface area contributed by atoms with Crippen molar-refractivity contribution in [2.24, 2.45) is 0 Å². The van der Waals surface area contributed by atoms with E-state index in [2.05, 4.69) is 17.2 Å². The Hall–Kier alpha value is -4.14. The Bertz CT molecular complexity index is 1210. The summed E-state index contributed by atoms with van der Waals surface area (Å²) >= 11 is 0. The highest BCUT2D eigenvalue weighted by Crippen LogP contribution is 2.44. The van der Waals surface area contributed by atoms with Gasteiger partial charge in [-0.05, 0) is 28.7 Å². The number of hydrogen-bond donors (Lipinski definition) is 2. The molecule has 0 saturated carbocycles. The lowest BCUT2D eigenvalue weighted by Crippen LogP contribution is -2.43. The normalized spacial score (nSPS) is 12.9. The van der Waals surface area contributed by atoms with Crippen LogP contribution in [0, 0.1) is 0 Å². The minimum atomic E-state index is -1.27. The van der Waals surface area contributed by atoms with Crippen LogP contribution in [0.1, 0.15) is 55.3 Å². The van der Waals surface area contributed by atoms with Gasteiger partial charge in [0, 0.05) is 18.5 Å². The first kappa shape index (κ1) is 25.9. The summed E-state index contributed by atoms with van der Waals surface area (Å²) in [5.74, 6) is -1.37. The van der Waals surface area contributed by atoms with Crippen molar-refractivity contribution in [3.8, 4) is 11.1 Å². The zero-order chi connectivity index (χ0) is 26.2. The van der Waals surface area contributed by atoms with Gasteiger partial charge in [-0.2, -0.15) is 0 Å². The molecule has 0 spiro atoms. The van der Waals surface area contributed by atoms with Gasteiger partial charge in [-0.15, -0.1) is 0 Å². The third-order valence-corrected chi connectivity index (χ3v) is 6.42. The van der Waals surface area contributed by atoms with E-state index in [4.69, 9.17) is 9.47 Å². The summed E-state index contributed by atoms with van der Waals surface area (Å²) in [6.07, 6.45) is 5.10. The minimum absolute atomic E-state index is 0.0743. The number of carboxylic acids is 1. The van der Waals surface area contributed by atoms with E-state index in [1.807, 2.05) is 48.5 Å². The van der Waals surface area contributed by atoms with Gasteiger partial charge in [0.1, 0.15) is 19.0 Å². The molecule has 9 nitrogen and oxygen atoms in total. The number of benzene rings is 2. The Morgan fingerprint density at radius 1 is 1.00 bits per heavy atom. The molecular formula is C28H31N3O6.